The van der Waals surface area contributed by atoms with Crippen LogP contribution in [0.5, 0.6) is 0 Å². The maximum atomic E-state index is 11.1. The van der Waals surface area contributed by atoms with Crippen LogP contribution in [0.3, 0.4) is 0 Å². The monoisotopic (exact) mass is 172 g/mol. The van der Waals surface area contributed by atoms with E-state index >= 15 is 0 Å². The van der Waals surface area contributed by atoms with E-state index in [9.17, 15) is 9.90 Å². The normalized spacial score (nSPS) is 28.5. The summed E-state index contributed by atoms with van der Waals surface area (Å²) >= 11 is 0. The highest BCUT2D eigenvalue weighted by Gasteiger charge is 2.28. The van der Waals surface area contributed by atoms with Crippen LogP contribution >= 0.6 is 0 Å². The van der Waals surface area contributed by atoms with Gasteiger partial charge in [-0.2, -0.15) is 0 Å². The van der Waals surface area contributed by atoms with Gasteiger partial charge in [-0.25, -0.2) is 4.79 Å². The summed E-state index contributed by atoms with van der Waals surface area (Å²) in [5.74, 6) is -0.505. The summed E-state index contributed by atoms with van der Waals surface area (Å²) in [6, 6.07) is 0. The highest BCUT2D eigenvalue weighted by Crippen LogP contribution is 2.08. The van der Waals surface area contributed by atoms with E-state index in [1.54, 1.807) is 13.0 Å². The summed E-state index contributed by atoms with van der Waals surface area (Å²) < 4.78 is 9.69. The van der Waals surface area contributed by atoms with Crippen molar-refractivity contribution in [2.45, 2.75) is 19.1 Å². The predicted molar refractivity (Wildman–Crippen MR) is 41.5 cm³/mol. The molecule has 0 bridgehead atoms. The SMILES string of the molecule is CCOC(=O)[C@@H]1OCC=C[C@@H]1O. The van der Waals surface area contributed by atoms with Crippen LogP contribution in [0.4, 0.5) is 0 Å². The zero-order chi connectivity index (χ0) is 8.97. The third-order valence-electron chi connectivity index (χ3n) is 1.53. The Bertz CT molecular complexity index is 187. The molecule has 0 aromatic carbocycles. The molecule has 2 atom stereocenters. The Morgan fingerprint density at radius 1 is 1.83 bits per heavy atom. The average molecular weight is 172 g/mol. The van der Waals surface area contributed by atoms with E-state index in [4.69, 9.17) is 9.47 Å². The first kappa shape index (κ1) is 9.22. The van der Waals surface area contributed by atoms with Crippen LogP contribution in [0.25, 0.3) is 0 Å². The van der Waals surface area contributed by atoms with E-state index in [0.29, 0.717) is 13.2 Å². The molecule has 1 aliphatic rings. The largest absolute Gasteiger partial charge is 0.464 e. The molecule has 0 saturated carbocycles. The van der Waals surface area contributed by atoms with Crippen LogP contribution in [0, 0.1) is 0 Å². The first-order valence-electron chi connectivity index (χ1n) is 3.88. The van der Waals surface area contributed by atoms with Crippen molar-refractivity contribution >= 4 is 5.97 Å². The van der Waals surface area contributed by atoms with Crippen LogP contribution in [0.1, 0.15) is 6.92 Å². The molecule has 0 aromatic rings. The quantitative estimate of drug-likeness (QED) is 0.465. The number of hydrogen-bond acceptors (Lipinski definition) is 4. The van der Waals surface area contributed by atoms with Crippen molar-refractivity contribution in [1.29, 1.82) is 0 Å². The highest BCUT2D eigenvalue weighted by atomic mass is 16.6. The van der Waals surface area contributed by atoms with Gasteiger partial charge in [-0.3, -0.25) is 0 Å². The lowest BCUT2D eigenvalue weighted by molar-refractivity contribution is -0.162. The molecule has 0 unspecified atom stereocenters. The van der Waals surface area contributed by atoms with Crippen molar-refractivity contribution in [3.8, 4) is 0 Å². The molecule has 0 radical (unpaired) electrons. The maximum Gasteiger partial charge on any atom is 0.338 e. The molecule has 1 rings (SSSR count). The summed E-state index contributed by atoms with van der Waals surface area (Å²) in [5, 5.41) is 9.25. The highest BCUT2D eigenvalue weighted by molar-refractivity contribution is 5.76. The second kappa shape index (κ2) is 4.23. The van der Waals surface area contributed by atoms with E-state index < -0.39 is 18.2 Å². The maximum absolute atomic E-state index is 11.1. The number of rotatable bonds is 2. The number of esters is 1. The van der Waals surface area contributed by atoms with Gasteiger partial charge in [0.1, 0.15) is 6.10 Å². The number of carbonyl (C=O) groups excluding carboxylic acids is 1. The van der Waals surface area contributed by atoms with Crippen molar-refractivity contribution in [2.24, 2.45) is 0 Å². The van der Waals surface area contributed by atoms with Gasteiger partial charge in [-0.05, 0) is 6.92 Å². The van der Waals surface area contributed by atoms with Gasteiger partial charge in [0, 0.05) is 0 Å². The molecule has 1 heterocycles. The number of ether oxygens (including phenoxy) is 2. The van der Waals surface area contributed by atoms with Crippen molar-refractivity contribution < 1.29 is 19.4 Å². The van der Waals surface area contributed by atoms with E-state index in [1.807, 2.05) is 0 Å². The topological polar surface area (TPSA) is 55.8 Å². The van der Waals surface area contributed by atoms with E-state index in [2.05, 4.69) is 0 Å². The molecular weight excluding hydrogens is 160 g/mol. The predicted octanol–water partition coefficient (Wildman–Crippen LogP) is -0.135. The molecule has 1 aliphatic heterocycles. The first-order chi connectivity index (χ1) is 5.75. The molecule has 4 nitrogen and oxygen atoms in total. The van der Waals surface area contributed by atoms with Gasteiger partial charge in [0.15, 0.2) is 6.10 Å². The summed E-state index contributed by atoms with van der Waals surface area (Å²) in [4.78, 5) is 11.1. The molecular formula is C8H12O4. The molecule has 0 aliphatic carbocycles. The van der Waals surface area contributed by atoms with E-state index in [1.165, 1.54) is 6.08 Å². The van der Waals surface area contributed by atoms with Gasteiger partial charge >= 0.3 is 5.97 Å². The smallest absolute Gasteiger partial charge is 0.338 e. The van der Waals surface area contributed by atoms with Gasteiger partial charge in [0.2, 0.25) is 0 Å². The van der Waals surface area contributed by atoms with Gasteiger partial charge in [0.25, 0.3) is 0 Å². The third kappa shape index (κ3) is 2.06. The first-order valence-corrected chi connectivity index (χ1v) is 3.88. The molecule has 0 saturated heterocycles. The minimum atomic E-state index is -0.877. The molecule has 4 heteroatoms. The zero-order valence-corrected chi connectivity index (χ0v) is 6.90. The third-order valence-corrected chi connectivity index (χ3v) is 1.53. The van der Waals surface area contributed by atoms with Gasteiger partial charge in [-0.15, -0.1) is 0 Å². The second-order valence-electron chi connectivity index (χ2n) is 2.42. The Balaban J connectivity index is 2.50. The lowest BCUT2D eigenvalue weighted by Gasteiger charge is -2.21. The molecule has 0 amide bonds. The Morgan fingerprint density at radius 2 is 2.58 bits per heavy atom. The molecule has 68 valence electrons. The second-order valence-corrected chi connectivity index (χ2v) is 2.42. The van der Waals surface area contributed by atoms with Crippen molar-refractivity contribution in [1.82, 2.24) is 0 Å². The minimum Gasteiger partial charge on any atom is -0.464 e. The minimum absolute atomic E-state index is 0.301. The Hall–Kier alpha value is -0.870. The molecule has 0 fully saturated rings. The van der Waals surface area contributed by atoms with Gasteiger partial charge < -0.3 is 14.6 Å². The standard InChI is InChI=1S/C8H12O4/c1-2-11-8(10)7-6(9)4-3-5-12-7/h3-4,6-7,9H,2,5H2,1H3/t6-,7+/m0/s1. The van der Waals surface area contributed by atoms with Gasteiger partial charge in [-0.1, -0.05) is 12.2 Å². The number of aliphatic hydroxyl groups excluding tert-OH is 1. The molecule has 12 heavy (non-hydrogen) atoms. The zero-order valence-electron chi connectivity index (χ0n) is 6.90. The fourth-order valence-electron chi connectivity index (χ4n) is 0.986. The van der Waals surface area contributed by atoms with Crippen LogP contribution < -0.4 is 0 Å². The number of hydrogen-bond donors (Lipinski definition) is 1. The summed E-state index contributed by atoms with van der Waals surface area (Å²) in [6.45, 7) is 2.36. The van der Waals surface area contributed by atoms with Crippen molar-refractivity contribution in [2.75, 3.05) is 13.2 Å². The van der Waals surface area contributed by atoms with Crippen LogP contribution in [-0.2, 0) is 14.3 Å². The summed E-state index contributed by atoms with van der Waals surface area (Å²) in [5.41, 5.74) is 0. The summed E-state index contributed by atoms with van der Waals surface area (Å²) in [6.07, 6.45) is 1.47. The lowest BCUT2D eigenvalue weighted by atomic mass is 10.1. The lowest BCUT2D eigenvalue weighted by Crippen LogP contribution is -2.39. The van der Waals surface area contributed by atoms with Crippen LogP contribution in [0.15, 0.2) is 12.2 Å². The Kier molecular flexibility index (Phi) is 3.25. The van der Waals surface area contributed by atoms with E-state index in [0.717, 1.165) is 0 Å². The Morgan fingerprint density at radius 3 is 3.17 bits per heavy atom. The fraction of sp³-hybridized carbons (Fsp3) is 0.625. The number of carbonyl (C=O) groups is 1. The fourth-order valence-corrected chi connectivity index (χ4v) is 0.986. The van der Waals surface area contributed by atoms with Crippen LogP contribution in [-0.4, -0.2) is 36.5 Å². The number of aliphatic hydroxyl groups is 1. The summed E-state index contributed by atoms with van der Waals surface area (Å²) in [7, 11) is 0. The molecule has 1 N–H and O–H groups in total. The van der Waals surface area contributed by atoms with Crippen LogP contribution in [0.2, 0.25) is 0 Å². The average Bonchev–Trinajstić information content (AvgIpc) is 2.05. The van der Waals surface area contributed by atoms with Crippen molar-refractivity contribution in [3.05, 3.63) is 12.2 Å². The Labute approximate surface area is 70.8 Å². The van der Waals surface area contributed by atoms with E-state index in [-0.39, 0.29) is 0 Å². The molecule has 0 spiro atoms. The molecule has 0 aromatic heterocycles. The van der Waals surface area contributed by atoms with Crippen molar-refractivity contribution in [3.63, 3.8) is 0 Å². The van der Waals surface area contributed by atoms with Gasteiger partial charge in [0.05, 0.1) is 13.2 Å².